The first kappa shape index (κ1) is 15.5. The maximum atomic E-state index is 5.99. The number of hydrogen-bond acceptors (Lipinski definition) is 2. The molecule has 1 saturated carbocycles. The largest absolute Gasteiger partial charge is 0.329 e. The average molecular weight is 274 g/mol. The van der Waals surface area contributed by atoms with Gasteiger partial charge in [-0.3, -0.25) is 0 Å². The summed E-state index contributed by atoms with van der Waals surface area (Å²) in [5.41, 5.74) is 7.42. The third-order valence-electron chi connectivity index (χ3n) is 4.62. The van der Waals surface area contributed by atoms with Gasteiger partial charge in [0.05, 0.1) is 0 Å². The van der Waals surface area contributed by atoms with Gasteiger partial charge in [-0.1, -0.05) is 62.9 Å². The molecule has 2 heteroatoms. The highest BCUT2D eigenvalue weighted by Gasteiger charge is 2.18. The lowest BCUT2D eigenvalue weighted by Crippen LogP contribution is -2.43. The highest BCUT2D eigenvalue weighted by Crippen LogP contribution is 2.22. The van der Waals surface area contributed by atoms with Gasteiger partial charge in [-0.2, -0.15) is 0 Å². The lowest BCUT2D eigenvalue weighted by molar-refractivity contribution is 0.369. The van der Waals surface area contributed by atoms with E-state index in [-0.39, 0.29) is 0 Å². The molecule has 2 atom stereocenters. The lowest BCUT2D eigenvalue weighted by atomic mass is 9.93. The molecule has 0 spiro atoms. The van der Waals surface area contributed by atoms with Gasteiger partial charge in [0.2, 0.25) is 0 Å². The van der Waals surface area contributed by atoms with Crippen LogP contribution in [0.25, 0.3) is 0 Å². The summed E-state index contributed by atoms with van der Waals surface area (Å²) >= 11 is 0. The van der Waals surface area contributed by atoms with Gasteiger partial charge in [0, 0.05) is 18.6 Å². The summed E-state index contributed by atoms with van der Waals surface area (Å²) in [6.45, 7) is 3.06. The van der Waals surface area contributed by atoms with Crippen LogP contribution in [0.4, 0.5) is 0 Å². The smallest absolute Gasteiger partial charge is 0.0198 e. The minimum Gasteiger partial charge on any atom is -0.329 e. The molecule has 1 aliphatic rings. The SMILES string of the molecule is CC(CC(CN)NC1CCCCCC1)c1ccccc1. The molecule has 0 amide bonds. The van der Waals surface area contributed by atoms with E-state index in [1.807, 2.05) is 0 Å². The molecule has 1 aromatic rings. The second kappa shape index (κ2) is 8.43. The summed E-state index contributed by atoms with van der Waals surface area (Å²) in [7, 11) is 0. The number of rotatable bonds is 6. The predicted molar refractivity (Wildman–Crippen MR) is 86.9 cm³/mol. The quantitative estimate of drug-likeness (QED) is 0.774. The van der Waals surface area contributed by atoms with Crippen molar-refractivity contribution >= 4 is 0 Å². The van der Waals surface area contributed by atoms with E-state index in [2.05, 4.69) is 42.6 Å². The van der Waals surface area contributed by atoms with Crippen molar-refractivity contribution in [3.8, 4) is 0 Å². The Balaban J connectivity index is 1.85. The van der Waals surface area contributed by atoms with Crippen LogP contribution in [-0.2, 0) is 0 Å². The van der Waals surface area contributed by atoms with Crippen LogP contribution < -0.4 is 11.1 Å². The number of nitrogens with one attached hydrogen (secondary N) is 1. The number of benzene rings is 1. The van der Waals surface area contributed by atoms with E-state index in [0.717, 1.165) is 13.0 Å². The van der Waals surface area contributed by atoms with Gasteiger partial charge in [-0.05, 0) is 30.7 Å². The zero-order valence-corrected chi connectivity index (χ0v) is 12.9. The fourth-order valence-electron chi connectivity index (χ4n) is 3.36. The predicted octanol–water partition coefficient (Wildman–Crippen LogP) is 3.82. The Kier molecular flexibility index (Phi) is 6.55. The summed E-state index contributed by atoms with van der Waals surface area (Å²) in [6, 6.07) is 11.9. The minimum absolute atomic E-state index is 0.452. The Bertz CT molecular complexity index is 355. The zero-order chi connectivity index (χ0) is 14.2. The standard InChI is InChI=1S/C18H30N2/c1-15(16-9-5-4-6-10-16)13-18(14-19)20-17-11-7-2-3-8-12-17/h4-6,9-10,15,17-18,20H,2-3,7-8,11-14,19H2,1H3. The Labute approximate surface area is 124 Å². The van der Waals surface area contributed by atoms with Gasteiger partial charge >= 0.3 is 0 Å². The van der Waals surface area contributed by atoms with Crippen LogP contribution in [0, 0.1) is 0 Å². The molecule has 0 saturated heterocycles. The van der Waals surface area contributed by atoms with Gasteiger partial charge in [0.25, 0.3) is 0 Å². The van der Waals surface area contributed by atoms with Gasteiger partial charge in [0.1, 0.15) is 0 Å². The molecule has 0 bridgehead atoms. The van der Waals surface area contributed by atoms with Crippen LogP contribution in [-0.4, -0.2) is 18.6 Å². The fourth-order valence-corrected chi connectivity index (χ4v) is 3.36. The Morgan fingerprint density at radius 1 is 1.10 bits per heavy atom. The maximum absolute atomic E-state index is 5.99. The molecule has 1 aliphatic carbocycles. The summed E-state index contributed by atoms with van der Waals surface area (Å²) < 4.78 is 0. The summed E-state index contributed by atoms with van der Waals surface area (Å²) in [6.07, 6.45) is 9.37. The Hall–Kier alpha value is -0.860. The van der Waals surface area contributed by atoms with Crippen LogP contribution in [0.2, 0.25) is 0 Å². The number of hydrogen-bond donors (Lipinski definition) is 2. The summed E-state index contributed by atoms with van der Waals surface area (Å²) in [4.78, 5) is 0. The third-order valence-corrected chi connectivity index (χ3v) is 4.62. The summed E-state index contributed by atoms with van der Waals surface area (Å²) in [5, 5.41) is 3.82. The van der Waals surface area contributed by atoms with Crippen molar-refractivity contribution in [1.29, 1.82) is 0 Å². The topological polar surface area (TPSA) is 38.0 Å². The van der Waals surface area contributed by atoms with E-state index in [1.54, 1.807) is 0 Å². The number of nitrogens with two attached hydrogens (primary N) is 1. The molecule has 1 aromatic carbocycles. The van der Waals surface area contributed by atoms with Gasteiger partial charge in [0.15, 0.2) is 0 Å². The first-order chi connectivity index (χ1) is 9.79. The highest BCUT2D eigenvalue weighted by atomic mass is 15.0. The van der Waals surface area contributed by atoms with Crippen molar-refractivity contribution in [2.24, 2.45) is 5.73 Å². The van der Waals surface area contributed by atoms with E-state index in [1.165, 1.54) is 44.1 Å². The van der Waals surface area contributed by atoms with Gasteiger partial charge in [-0.15, -0.1) is 0 Å². The molecule has 3 N–H and O–H groups in total. The van der Waals surface area contributed by atoms with Gasteiger partial charge in [-0.25, -0.2) is 0 Å². The van der Waals surface area contributed by atoms with Crippen LogP contribution in [0.3, 0.4) is 0 Å². The van der Waals surface area contributed by atoms with Crippen molar-refractivity contribution in [3.63, 3.8) is 0 Å². The second-order valence-corrected chi connectivity index (χ2v) is 6.34. The van der Waals surface area contributed by atoms with E-state index in [0.29, 0.717) is 18.0 Å². The molecular formula is C18H30N2. The normalized spacial score (nSPS) is 20.3. The van der Waals surface area contributed by atoms with Crippen molar-refractivity contribution in [1.82, 2.24) is 5.32 Å². The molecule has 20 heavy (non-hydrogen) atoms. The molecule has 0 heterocycles. The van der Waals surface area contributed by atoms with Gasteiger partial charge < -0.3 is 11.1 Å². The molecule has 112 valence electrons. The first-order valence-corrected chi connectivity index (χ1v) is 8.30. The molecule has 1 fully saturated rings. The molecule has 0 aliphatic heterocycles. The molecule has 2 nitrogen and oxygen atoms in total. The summed E-state index contributed by atoms with van der Waals surface area (Å²) in [5.74, 6) is 0.572. The third kappa shape index (κ3) is 4.92. The molecule has 0 aromatic heterocycles. The van der Waals surface area contributed by atoms with Crippen LogP contribution in [0.5, 0.6) is 0 Å². The van der Waals surface area contributed by atoms with E-state index >= 15 is 0 Å². The van der Waals surface area contributed by atoms with Crippen LogP contribution >= 0.6 is 0 Å². The minimum atomic E-state index is 0.452. The van der Waals surface area contributed by atoms with Crippen LogP contribution in [0.1, 0.15) is 63.4 Å². The van der Waals surface area contributed by atoms with E-state index in [9.17, 15) is 0 Å². The Morgan fingerprint density at radius 2 is 1.75 bits per heavy atom. The maximum Gasteiger partial charge on any atom is 0.0198 e. The molecule has 2 rings (SSSR count). The monoisotopic (exact) mass is 274 g/mol. The van der Waals surface area contributed by atoms with Crippen molar-refractivity contribution in [2.75, 3.05) is 6.54 Å². The molecule has 2 unspecified atom stereocenters. The Morgan fingerprint density at radius 3 is 2.35 bits per heavy atom. The van der Waals surface area contributed by atoms with Crippen molar-refractivity contribution in [2.45, 2.75) is 69.9 Å². The fraction of sp³-hybridized carbons (Fsp3) is 0.667. The van der Waals surface area contributed by atoms with E-state index in [4.69, 9.17) is 5.73 Å². The molecule has 0 radical (unpaired) electrons. The lowest BCUT2D eigenvalue weighted by Gasteiger charge is -2.26. The molecular weight excluding hydrogens is 244 g/mol. The van der Waals surface area contributed by atoms with Crippen molar-refractivity contribution < 1.29 is 0 Å². The van der Waals surface area contributed by atoms with E-state index < -0.39 is 0 Å². The zero-order valence-electron chi connectivity index (χ0n) is 12.9. The average Bonchev–Trinajstić information content (AvgIpc) is 2.76. The first-order valence-electron chi connectivity index (χ1n) is 8.30. The second-order valence-electron chi connectivity index (χ2n) is 6.34. The highest BCUT2D eigenvalue weighted by molar-refractivity contribution is 5.18. The van der Waals surface area contributed by atoms with Crippen molar-refractivity contribution in [3.05, 3.63) is 35.9 Å². The van der Waals surface area contributed by atoms with Crippen LogP contribution in [0.15, 0.2) is 30.3 Å².